The Labute approximate surface area is 96.5 Å². The van der Waals surface area contributed by atoms with E-state index in [0.29, 0.717) is 0 Å². The van der Waals surface area contributed by atoms with Crippen molar-refractivity contribution in [2.45, 2.75) is 57.8 Å². The molecule has 0 aromatic heterocycles. The first-order valence-corrected chi connectivity index (χ1v) is 5.83. The van der Waals surface area contributed by atoms with Crippen LogP contribution in [0.25, 0.3) is 0 Å². The highest BCUT2D eigenvalue weighted by Gasteiger charge is 2.76. The van der Waals surface area contributed by atoms with Crippen LogP contribution in [0.4, 0.5) is 0 Å². The summed E-state index contributed by atoms with van der Waals surface area (Å²) in [5.41, 5.74) is -1.02. The molecule has 2 fully saturated rings. The number of hydrogen-bond donors (Lipinski definition) is 1. The quantitative estimate of drug-likeness (QED) is 0.575. The van der Waals surface area contributed by atoms with Crippen molar-refractivity contribution >= 4 is 5.78 Å². The molecule has 1 N–H and O–H groups in total. The van der Waals surface area contributed by atoms with Crippen LogP contribution in [-0.4, -0.2) is 28.2 Å². The summed E-state index contributed by atoms with van der Waals surface area (Å²) in [6.45, 7) is 7.73. The molecule has 1 saturated heterocycles. The average molecular weight is 224 g/mol. The average Bonchev–Trinajstić information content (AvgIpc) is 2.81. The van der Waals surface area contributed by atoms with Crippen molar-refractivity contribution in [1.29, 1.82) is 0 Å². The zero-order chi connectivity index (χ0) is 12.2. The van der Waals surface area contributed by atoms with E-state index in [9.17, 15) is 9.90 Å². The molecule has 0 spiro atoms. The highest BCUT2D eigenvalue weighted by atomic mass is 16.6. The third-order valence-corrected chi connectivity index (χ3v) is 4.31. The Bertz CT molecular complexity index is 358. The van der Waals surface area contributed by atoms with Crippen LogP contribution in [0.5, 0.6) is 0 Å². The van der Waals surface area contributed by atoms with Crippen molar-refractivity contribution in [2.24, 2.45) is 5.41 Å². The maximum Gasteiger partial charge on any atom is 0.152 e. The SMILES string of the molecule is CC(=O)/C=C/C12OC1(C)C(O)CCC2(C)C. The standard InChI is InChI=1S/C13H20O3/c1-9(14)5-8-13-11(2,3)7-6-10(15)12(13,4)16-13/h5,8,10,15H,6-7H2,1-4H3/b8-5+. The topological polar surface area (TPSA) is 49.8 Å². The van der Waals surface area contributed by atoms with Gasteiger partial charge in [0.05, 0.1) is 6.10 Å². The number of hydrogen-bond acceptors (Lipinski definition) is 3. The molecule has 0 aromatic rings. The summed E-state index contributed by atoms with van der Waals surface area (Å²) in [5, 5.41) is 10.00. The fourth-order valence-corrected chi connectivity index (χ4v) is 3.05. The zero-order valence-corrected chi connectivity index (χ0v) is 10.4. The molecule has 90 valence electrons. The summed E-state index contributed by atoms with van der Waals surface area (Å²) in [4.78, 5) is 11.0. The van der Waals surface area contributed by atoms with E-state index in [2.05, 4.69) is 13.8 Å². The van der Waals surface area contributed by atoms with Gasteiger partial charge in [0.15, 0.2) is 5.78 Å². The number of allylic oxidation sites excluding steroid dienone is 1. The van der Waals surface area contributed by atoms with Crippen LogP contribution < -0.4 is 0 Å². The van der Waals surface area contributed by atoms with Crippen LogP contribution in [0.2, 0.25) is 0 Å². The molecule has 3 heteroatoms. The van der Waals surface area contributed by atoms with Crippen molar-refractivity contribution in [3.63, 3.8) is 0 Å². The fourth-order valence-electron chi connectivity index (χ4n) is 3.05. The third-order valence-electron chi connectivity index (χ3n) is 4.31. The first-order valence-electron chi connectivity index (χ1n) is 5.83. The van der Waals surface area contributed by atoms with Gasteiger partial charge in [-0.2, -0.15) is 0 Å². The highest BCUT2D eigenvalue weighted by molar-refractivity contribution is 5.87. The molecular weight excluding hydrogens is 204 g/mol. The molecule has 1 heterocycles. The van der Waals surface area contributed by atoms with E-state index in [1.807, 2.05) is 13.0 Å². The predicted molar refractivity (Wildman–Crippen MR) is 61.1 cm³/mol. The highest BCUT2D eigenvalue weighted by Crippen LogP contribution is 2.65. The lowest BCUT2D eigenvalue weighted by Gasteiger charge is -2.38. The number of rotatable bonds is 2. The molecule has 3 unspecified atom stereocenters. The van der Waals surface area contributed by atoms with Crippen molar-refractivity contribution in [1.82, 2.24) is 0 Å². The van der Waals surface area contributed by atoms with Gasteiger partial charge in [0.2, 0.25) is 0 Å². The Morgan fingerprint density at radius 3 is 2.62 bits per heavy atom. The summed E-state index contributed by atoms with van der Waals surface area (Å²) in [6, 6.07) is 0. The first-order chi connectivity index (χ1) is 7.25. The Hall–Kier alpha value is -0.670. The van der Waals surface area contributed by atoms with E-state index in [0.717, 1.165) is 12.8 Å². The minimum atomic E-state index is -0.513. The van der Waals surface area contributed by atoms with Crippen LogP contribution in [0.3, 0.4) is 0 Å². The maximum absolute atomic E-state index is 11.0. The van der Waals surface area contributed by atoms with Crippen molar-refractivity contribution in [3.8, 4) is 0 Å². The second kappa shape index (κ2) is 3.17. The van der Waals surface area contributed by atoms with Gasteiger partial charge in [-0.1, -0.05) is 13.8 Å². The predicted octanol–water partition coefficient (Wildman–Crippen LogP) is 1.84. The molecular formula is C13H20O3. The molecule has 3 atom stereocenters. The molecule has 3 nitrogen and oxygen atoms in total. The van der Waals surface area contributed by atoms with Gasteiger partial charge in [-0.05, 0) is 38.8 Å². The van der Waals surface area contributed by atoms with E-state index in [4.69, 9.17) is 4.74 Å². The summed E-state index contributed by atoms with van der Waals surface area (Å²) in [6.07, 6.45) is 4.64. The smallest absolute Gasteiger partial charge is 0.152 e. The fraction of sp³-hybridized carbons (Fsp3) is 0.769. The van der Waals surface area contributed by atoms with Gasteiger partial charge in [0.1, 0.15) is 11.2 Å². The van der Waals surface area contributed by atoms with E-state index >= 15 is 0 Å². The molecule has 1 aliphatic carbocycles. The van der Waals surface area contributed by atoms with Gasteiger partial charge in [-0.15, -0.1) is 0 Å². The van der Waals surface area contributed by atoms with Gasteiger partial charge in [0, 0.05) is 5.41 Å². The lowest BCUT2D eigenvalue weighted by molar-refractivity contribution is -0.112. The summed E-state index contributed by atoms with van der Waals surface area (Å²) in [7, 11) is 0. The van der Waals surface area contributed by atoms with Crippen molar-refractivity contribution < 1.29 is 14.6 Å². The van der Waals surface area contributed by atoms with Crippen LogP contribution in [0, 0.1) is 5.41 Å². The van der Waals surface area contributed by atoms with Crippen LogP contribution in [0.1, 0.15) is 40.5 Å². The molecule has 0 bridgehead atoms. The van der Waals surface area contributed by atoms with E-state index in [-0.39, 0.29) is 11.2 Å². The first kappa shape index (κ1) is 11.8. The van der Waals surface area contributed by atoms with Crippen LogP contribution in [0.15, 0.2) is 12.2 Å². The second-order valence-corrected chi connectivity index (χ2v) is 5.83. The molecule has 1 saturated carbocycles. The summed E-state index contributed by atoms with van der Waals surface area (Å²) < 4.78 is 5.84. The molecule has 1 aliphatic heterocycles. The number of carbonyl (C=O) groups excluding carboxylic acids is 1. The van der Waals surface area contributed by atoms with Gasteiger partial charge in [-0.25, -0.2) is 0 Å². The number of aliphatic hydroxyl groups excluding tert-OH is 1. The monoisotopic (exact) mass is 224 g/mol. The molecule has 0 amide bonds. The second-order valence-electron chi connectivity index (χ2n) is 5.83. The molecule has 0 aromatic carbocycles. The minimum Gasteiger partial charge on any atom is -0.390 e. The van der Waals surface area contributed by atoms with E-state index in [1.54, 1.807) is 6.08 Å². The Kier molecular flexibility index (Phi) is 2.34. The van der Waals surface area contributed by atoms with Gasteiger partial charge >= 0.3 is 0 Å². The number of ether oxygens (including phenoxy) is 1. The molecule has 2 aliphatic rings. The third kappa shape index (κ3) is 1.31. The number of carbonyl (C=O) groups is 1. The van der Waals surface area contributed by atoms with E-state index in [1.165, 1.54) is 6.92 Å². The molecule has 16 heavy (non-hydrogen) atoms. The zero-order valence-electron chi connectivity index (χ0n) is 10.4. The number of fused-ring (bicyclic) bond motifs is 1. The van der Waals surface area contributed by atoms with Gasteiger partial charge < -0.3 is 9.84 Å². The number of aliphatic hydroxyl groups is 1. The Balaban J connectivity index is 2.34. The molecule has 0 radical (unpaired) electrons. The number of epoxide rings is 1. The van der Waals surface area contributed by atoms with Crippen LogP contribution >= 0.6 is 0 Å². The summed E-state index contributed by atoms with van der Waals surface area (Å²) in [5.74, 6) is 0.0167. The molecule has 2 rings (SSSR count). The van der Waals surface area contributed by atoms with Crippen molar-refractivity contribution in [3.05, 3.63) is 12.2 Å². The van der Waals surface area contributed by atoms with E-state index < -0.39 is 17.3 Å². The normalized spacial score (nSPS) is 45.4. The van der Waals surface area contributed by atoms with Gasteiger partial charge in [0.25, 0.3) is 0 Å². The largest absolute Gasteiger partial charge is 0.390 e. The summed E-state index contributed by atoms with van der Waals surface area (Å²) >= 11 is 0. The number of ketones is 1. The lowest BCUT2D eigenvalue weighted by atomic mass is 9.63. The Morgan fingerprint density at radius 1 is 1.44 bits per heavy atom. The van der Waals surface area contributed by atoms with Gasteiger partial charge in [-0.3, -0.25) is 4.79 Å². The maximum atomic E-state index is 11.0. The Morgan fingerprint density at radius 2 is 2.06 bits per heavy atom. The minimum absolute atomic E-state index is 0.0167. The van der Waals surface area contributed by atoms with Crippen molar-refractivity contribution in [2.75, 3.05) is 0 Å². The van der Waals surface area contributed by atoms with Crippen LogP contribution in [-0.2, 0) is 9.53 Å². The lowest BCUT2D eigenvalue weighted by Crippen LogP contribution is -2.48.